The maximum absolute atomic E-state index is 14.2. The van der Waals surface area contributed by atoms with Gasteiger partial charge in [0.2, 0.25) is 0 Å². The summed E-state index contributed by atoms with van der Waals surface area (Å²) in [5, 5.41) is 16.1. The number of fused-ring (bicyclic) bond motifs is 1. The average molecular weight is 467 g/mol. The molecule has 1 heterocycles. The number of nitrogens with two attached hydrogens (primary N) is 1. The highest BCUT2D eigenvalue weighted by atomic mass is 19.2. The first-order valence-corrected chi connectivity index (χ1v) is 11.2. The number of amides is 1. The topological polar surface area (TPSA) is 81.1 Å². The van der Waals surface area contributed by atoms with E-state index in [0.717, 1.165) is 34.5 Å². The minimum absolute atomic E-state index is 0.131. The number of carbonyl (C=O) groups is 1. The van der Waals surface area contributed by atoms with E-state index in [2.05, 4.69) is 5.10 Å². The summed E-state index contributed by atoms with van der Waals surface area (Å²) in [5.41, 5.74) is 8.91. The number of rotatable bonds is 5. The molecule has 0 radical (unpaired) electrons. The van der Waals surface area contributed by atoms with Gasteiger partial charge >= 0.3 is 0 Å². The van der Waals surface area contributed by atoms with Gasteiger partial charge in [-0.3, -0.25) is 4.79 Å². The van der Waals surface area contributed by atoms with Crippen LogP contribution in [0, 0.1) is 17.5 Å². The number of hydrogen-bond donors (Lipinski definition) is 2. The zero-order chi connectivity index (χ0) is 24.2. The standard InChI is InChI=1S/C26H24F3N3O2/c1-14-18-13-31-32(17-5-6-19(27)21(29)12-17)22(18)11-16-8-10-26(34,24(14)16)9-7-15-3-2-4-20(28)23(15)25(30)33/h2-6,12-14,34H,7-11H2,1H3,(H2,30,33). The fraction of sp³-hybridized carbons (Fsp3) is 0.308. The fourth-order valence-corrected chi connectivity index (χ4v) is 5.63. The number of benzene rings is 2. The van der Waals surface area contributed by atoms with Crippen molar-refractivity contribution < 1.29 is 23.1 Å². The van der Waals surface area contributed by atoms with Crippen molar-refractivity contribution in [2.45, 2.75) is 50.5 Å². The van der Waals surface area contributed by atoms with Crippen molar-refractivity contribution in [2.75, 3.05) is 0 Å². The lowest BCUT2D eigenvalue weighted by Crippen LogP contribution is -2.33. The van der Waals surface area contributed by atoms with Gasteiger partial charge in [-0.15, -0.1) is 0 Å². The molecule has 2 unspecified atom stereocenters. The van der Waals surface area contributed by atoms with Crippen molar-refractivity contribution in [3.8, 4) is 5.69 Å². The van der Waals surface area contributed by atoms with Gasteiger partial charge in [0.25, 0.3) is 5.91 Å². The molecule has 3 N–H and O–H groups in total. The molecule has 5 nitrogen and oxygen atoms in total. The molecule has 34 heavy (non-hydrogen) atoms. The summed E-state index contributed by atoms with van der Waals surface area (Å²) >= 11 is 0. The summed E-state index contributed by atoms with van der Waals surface area (Å²) in [6, 6.07) is 8.08. The van der Waals surface area contributed by atoms with E-state index in [1.165, 1.54) is 18.2 Å². The molecule has 2 aliphatic carbocycles. The SMILES string of the molecule is CC1C2=C(CCC2(O)CCc2cccc(F)c2C(N)=O)Cc2c1cnn2-c1ccc(F)c(F)c1. The minimum Gasteiger partial charge on any atom is -0.385 e. The molecular weight excluding hydrogens is 443 g/mol. The van der Waals surface area contributed by atoms with E-state index in [0.29, 0.717) is 43.4 Å². The zero-order valence-electron chi connectivity index (χ0n) is 18.6. The van der Waals surface area contributed by atoms with E-state index in [9.17, 15) is 23.1 Å². The van der Waals surface area contributed by atoms with Crippen LogP contribution < -0.4 is 5.73 Å². The van der Waals surface area contributed by atoms with Crippen molar-refractivity contribution >= 4 is 5.91 Å². The van der Waals surface area contributed by atoms with Gasteiger partial charge < -0.3 is 10.8 Å². The van der Waals surface area contributed by atoms with E-state index in [1.54, 1.807) is 16.9 Å². The van der Waals surface area contributed by atoms with Crippen LogP contribution in [0.2, 0.25) is 0 Å². The predicted octanol–water partition coefficient (Wildman–Crippen LogP) is 4.50. The van der Waals surface area contributed by atoms with Gasteiger partial charge in [-0.1, -0.05) is 24.6 Å². The van der Waals surface area contributed by atoms with Crippen LogP contribution in [0.15, 0.2) is 53.7 Å². The first-order valence-electron chi connectivity index (χ1n) is 11.2. The third-order valence-corrected chi connectivity index (χ3v) is 7.21. The summed E-state index contributed by atoms with van der Waals surface area (Å²) in [4.78, 5) is 11.8. The van der Waals surface area contributed by atoms with Crippen molar-refractivity contribution in [1.29, 1.82) is 0 Å². The zero-order valence-corrected chi connectivity index (χ0v) is 18.6. The van der Waals surface area contributed by atoms with E-state index in [-0.39, 0.29) is 11.5 Å². The van der Waals surface area contributed by atoms with Gasteiger partial charge in [0.1, 0.15) is 5.82 Å². The largest absolute Gasteiger partial charge is 0.385 e. The van der Waals surface area contributed by atoms with Crippen molar-refractivity contribution in [1.82, 2.24) is 9.78 Å². The Morgan fingerprint density at radius 3 is 2.74 bits per heavy atom. The maximum atomic E-state index is 14.2. The normalized spacial score (nSPS) is 21.5. The second-order valence-electron chi connectivity index (χ2n) is 9.14. The van der Waals surface area contributed by atoms with Gasteiger partial charge in [-0.2, -0.15) is 5.10 Å². The summed E-state index contributed by atoms with van der Waals surface area (Å²) < 4.78 is 43.0. The van der Waals surface area contributed by atoms with Crippen LogP contribution in [0.3, 0.4) is 0 Å². The highest BCUT2D eigenvalue weighted by Gasteiger charge is 2.44. The smallest absolute Gasteiger partial charge is 0.251 e. The van der Waals surface area contributed by atoms with Crippen LogP contribution in [0.25, 0.3) is 5.69 Å². The molecule has 0 spiro atoms. The van der Waals surface area contributed by atoms with Crippen LogP contribution >= 0.6 is 0 Å². The minimum atomic E-state index is -1.10. The molecule has 3 aromatic rings. The Balaban J connectivity index is 1.44. The van der Waals surface area contributed by atoms with E-state index in [4.69, 9.17) is 5.73 Å². The van der Waals surface area contributed by atoms with E-state index >= 15 is 0 Å². The van der Waals surface area contributed by atoms with Crippen LogP contribution in [-0.4, -0.2) is 26.4 Å². The number of hydrogen-bond acceptors (Lipinski definition) is 3. The van der Waals surface area contributed by atoms with Crippen LogP contribution in [0.4, 0.5) is 13.2 Å². The first-order chi connectivity index (χ1) is 16.2. The Hall–Kier alpha value is -3.39. The number of nitrogens with zero attached hydrogens (tertiary/aromatic N) is 2. The molecule has 1 amide bonds. The molecule has 0 saturated carbocycles. The van der Waals surface area contributed by atoms with Gasteiger partial charge in [0.05, 0.1) is 28.7 Å². The number of aryl methyl sites for hydroxylation is 1. The number of aliphatic hydroxyl groups is 1. The molecule has 0 bridgehead atoms. The lowest BCUT2D eigenvalue weighted by atomic mass is 9.76. The molecule has 1 aromatic heterocycles. The Morgan fingerprint density at radius 1 is 1.21 bits per heavy atom. The van der Waals surface area contributed by atoms with Gasteiger partial charge in [-0.25, -0.2) is 17.9 Å². The fourth-order valence-electron chi connectivity index (χ4n) is 5.63. The van der Waals surface area contributed by atoms with E-state index < -0.39 is 29.0 Å². The molecule has 0 fully saturated rings. The van der Waals surface area contributed by atoms with Crippen LogP contribution in [0.1, 0.15) is 59.3 Å². The number of halogens is 3. The Morgan fingerprint density at radius 2 is 2.00 bits per heavy atom. The third-order valence-electron chi connectivity index (χ3n) is 7.21. The highest BCUT2D eigenvalue weighted by Crippen LogP contribution is 2.50. The Bertz CT molecular complexity index is 1350. The second kappa shape index (κ2) is 8.13. The first kappa shape index (κ1) is 22.4. The molecule has 0 saturated heterocycles. The summed E-state index contributed by atoms with van der Waals surface area (Å²) in [5.74, 6) is -3.47. The maximum Gasteiger partial charge on any atom is 0.251 e. The molecule has 8 heteroatoms. The molecule has 2 atom stereocenters. The molecular formula is C26H24F3N3O2. The lowest BCUT2D eigenvalue weighted by molar-refractivity contribution is 0.0650. The van der Waals surface area contributed by atoms with Crippen molar-refractivity contribution in [2.24, 2.45) is 5.73 Å². The monoisotopic (exact) mass is 467 g/mol. The number of primary amides is 1. The van der Waals surface area contributed by atoms with Gasteiger partial charge in [0, 0.05) is 24.0 Å². The quantitative estimate of drug-likeness (QED) is 0.542. The third kappa shape index (κ3) is 3.53. The molecule has 2 aliphatic rings. The van der Waals surface area contributed by atoms with Crippen LogP contribution in [0.5, 0.6) is 0 Å². The summed E-state index contributed by atoms with van der Waals surface area (Å²) in [6.07, 6.45) is 4.09. The van der Waals surface area contributed by atoms with Crippen molar-refractivity contribution in [3.05, 3.63) is 93.6 Å². The van der Waals surface area contributed by atoms with Gasteiger partial charge in [0.15, 0.2) is 11.6 Å². The second-order valence-corrected chi connectivity index (χ2v) is 9.14. The lowest BCUT2D eigenvalue weighted by Gasteiger charge is -2.33. The number of carbonyl (C=O) groups excluding carboxylic acids is 1. The molecule has 176 valence electrons. The van der Waals surface area contributed by atoms with Crippen molar-refractivity contribution in [3.63, 3.8) is 0 Å². The van der Waals surface area contributed by atoms with Crippen LogP contribution in [-0.2, 0) is 12.8 Å². The van der Waals surface area contributed by atoms with E-state index in [1.807, 2.05) is 6.92 Å². The number of allylic oxidation sites excluding steroid dienone is 1. The highest BCUT2D eigenvalue weighted by molar-refractivity contribution is 5.94. The summed E-state index contributed by atoms with van der Waals surface area (Å²) in [6.45, 7) is 2.00. The Kier molecular flexibility index (Phi) is 5.36. The van der Waals surface area contributed by atoms with Gasteiger partial charge in [-0.05, 0) is 55.0 Å². The average Bonchev–Trinajstić information content (AvgIpc) is 3.36. The summed E-state index contributed by atoms with van der Waals surface area (Å²) in [7, 11) is 0. The molecule has 2 aromatic carbocycles. The predicted molar refractivity (Wildman–Crippen MR) is 120 cm³/mol. The number of aromatic nitrogens is 2. The Labute approximate surface area is 194 Å². The molecule has 5 rings (SSSR count). The molecule has 0 aliphatic heterocycles.